The van der Waals surface area contributed by atoms with Crippen molar-refractivity contribution in [2.75, 3.05) is 5.73 Å². The number of nitrogens with zero attached hydrogens (tertiary/aromatic N) is 2. The molecule has 0 radical (unpaired) electrons. The highest BCUT2D eigenvalue weighted by molar-refractivity contribution is 5.92. The van der Waals surface area contributed by atoms with Crippen LogP contribution in [0.2, 0.25) is 0 Å². The summed E-state index contributed by atoms with van der Waals surface area (Å²) >= 11 is 0. The zero-order valence-corrected chi connectivity index (χ0v) is 12.4. The molecule has 3 N–H and O–H groups in total. The zero-order valence-electron chi connectivity index (χ0n) is 12.4. The summed E-state index contributed by atoms with van der Waals surface area (Å²) < 4.78 is 0. The summed E-state index contributed by atoms with van der Waals surface area (Å²) in [5.74, 6) is -0.223. The summed E-state index contributed by atoms with van der Waals surface area (Å²) in [5, 5.41) is 2.84. The number of hydrogen-bond donors (Lipinski definition) is 2. The Morgan fingerprint density at radius 3 is 2.74 bits per heavy atom. The first kappa shape index (κ1) is 14.7. The SMILES string of the molecule is Nc1cccc(-c2cccc(C(=O)NCc3cccnc3)n2)c1. The van der Waals surface area contributed by atoms with Crippen LogP contribution in [-0.2, 0) is 6.54 Å². The number of nitrogens with one attached hydrogen (secondary N) is 1. The van der Waals surface area contributed by atoms with Crippen molar-refractivity contribution in [1.82, 2.24) is 15.3 Å². The number of nitrogen functional groups attached to an aromatic ring is 1. The second-order valence-corrected chi connectivity index (χ2v) is 5.08. The van der Waals surface area contributed by atoms with Gasteiger partial charge >= 0.3 is 0 Å². The van der Waals surface area contributed by atoms with Crippen molar-refractivity contribution < 1.29 is 4.79 Å². The molecule has 0 aliphatic rings. The molecule has 0 unspecified atom stereocenters. The molecule has 1 amide bonds. The largest absolute Gasteiger partial charge is 0.399 e. The topological polar surface area (TPSA) is 80.9 Å². The lowest BCUT2D eigenvalue weighted by atomic mass is 10.1. The van der Waals surface area contributed by atoms with E-state index in [9.17, 15) is 4.79 Å². The number of rotatable bonds is 4. The minimum absolute atomic E-state index is 0.223. The van der Waals surface area contributed by atoms with Gasteiger partial charge in [0.05, 0.1) is 5.69 Å². The number of pyridine rings is 2. The fourth-order valence-electron chi connectivity index (χ4n) is 2.20. The molecule has 0 saturated heterocycles. The van der Waals surface area contributed by atoms with Crippen LogP contribution in [0.25, 0.3) is 11.3 Å². The van der Waals surface area contributed by atoms with Crippen molar-refractivity contribution in [3.05, 3.63) is 78.2 Å². The van der Waals surface area contributed by atoms with Crippen LogP contribution < -0.4 is 11.1 Å². The quantitative estimate of drug-likeness (QED) is 0.726. The van der Waals surface area contributed by atoms with Gasteiger partial charge in [0, 0.05) is 30.2 Å². The van der Waals surface area contributed by atoms with E-state index in [4.69, 9.17) is 5.73 Å². The van der Waals surface area contributed by atoms with Crippen LogP contribution in [0.3, 0.4) is 0 Å². The normalized spacial score (nSPS) is 10.3. The third-order valence-electron chi connectivity index (χ3n) is 3.34. The van der Waals surface area contributed by atoms with E-state index in [2.05, 4.69) is 15.3 Å². The Morgan fingerprint density at radius 2 is 1.96 bits per heavy atom. The lowest BCUT2D eigenvalue weighted by Crippen LogP contribution is -2.23. The maximum atomic E-state index is 12.2. The first-order valence-corrected chi connectivity index (χ1v) is 7.22. The Balaban J connectivity index is 1.75. The highest BCUT2D eigenvalue weighted by atomic mass is 16.1. The molecular weight excluding hydrogens is 288 g/mol. The van der Waals surface area contributed by atoms with E-state index in [1.54, 1.807) is 18.5 Å². The highest BCUT2D eigenvalue weighted by Crippen LogP contribution is 2.19. The van der Waals surface area contributed by atoms with Gasteiger partial charge in [-0.2, -0.15) is 0 Å². The Bertz CT molecular complexity index is 818. The second kappa shape index (κ2) is 6.70. The minimum atomic E-state index is -0.223. The fraction of sp³-hybridized carbons (Fsp3) is 0.0556. The van der Waals surface area contributed by atoms with E-state index in [0.29, 0.717) is 23.6 Å². The van der Waals surface area contributed by atoms with E-state index in [1.807, 2.05) is 48.5 Å². The number of anilines is 1. The second-order valence-electron chi connectivity index (χ2n) is 5.08. The Hall–Kier alpha value is -3.21. The van der Waals surface area contributed by atoms with Crippen LogP contribution in [-0.4, -0.2) is 15.9 Å². The number of amides is 1. The fourth-order valence-corrected chi connectivity index (χ4v) is 2.20. The standard InChI is InChI=1S/C18H16N4O/c19-15-6-1-5-14(10-15)16-7-2-8-17(22-16)18(23)21-12-13-4-3-9-20-11-13/h1-11H,12,19H2,(H,21,23). The summed E-state index contributed by atoms with van der Waals surface area (Å²) in [6.07, 6.45) is 3.42. The summed E-state index contributed by atoms with van der Waals surface area (Å²) in [6, 6.07) is 16.5. The highest BCUT2D eigenvalue weighted by Gasteiger charge is 2.09. The van der Waals surface area contributed by atoms with Gasteiger partial charge in [-0.25, -0.2) is 4.98 Å². The van der Waals surface area contributed by atoms with Gasteiger partial charge in [0.25, 0.3) is 5.91 Å². The molecule has 3 rings (SSSR count). The molecule has 2 heterocycles. The third-order valence-corrected chi connectivity index (χ3v) is 3.34. The summed E-state index contributed by atoms with van der Waals surface area (Å²) in [4.78, 5) is 20.7. The molecular formula is C18H16N4O. The van der Waals surface area contributed by atoms with Gasteiger partial charge in [-0.1, -0.05) is 24.3 Å². The molecule has 5 nitrogen and oxygen atoms in total. The number of carbonyl (C=O) groups is 1. The minimum Gasteiger partial charge on any atom is -0.399 e. The molecule has 0 atom stereocenters. The Kier molecular flexibility index (Phi) is 4.29. The molecule has 114 valence electrons. The molecule has 0 fully saturated rings. The van der Waals surface area contributed by atoms with E-state index in [-0.39, 0.29) is 5.91 Å². The maximum absolute atomic E-state index is 12.2. The maximum Gasteiger partial charge on any atom is 0.270 e. The van der Waals surface area contributed by atoms with Gasteiger partial charge in [0.2, 0.25) is 0 Å². The van der Waals surface area contributed by atoms with E-state index < -0.39 is 0 Å². The average Bonchev–Trinajstić information content (AvgIpc) is 2.61. The molecule has 0 aliphatic carbocycles. The van der Waals surface area contributed by atoms with E-state index in [0.717, 1.165) is 11.1 Å². The monoisotopic (exact) mass is 304 g/mol. The van der Waals surface area contributed by atoms with Crippen molar-refractivity contribution >= 4 is 11.6 Å². The summed E-state index contributed by atoms with van der Waals surface area (Å²) in [6.45, 7) is 0.414. The van der Waals surface area contributed by atoms with Crippen molar-refractivity contribution in [2.45, 2.75) is 6.54 Å². The summed E-state index contributed by atoms with van der Waals surface area (Å²) in [7, 11) is 0. The zero-order chi connectivity index (χ0) is 16.1. The molecule has 3 aromatic rings. The lowest BCUT2D eigenvalue weighted by Gasteiger charge is -2.07. The van der Waals surface area contributed by atoms with Crippen LogP contribution in [0.1, 0.15) is 16.1 Å². The third kappa shape index (κ3) is 3.71. The van der Waals surface area contributed by atoms with Crippen molar-refractivity contribution in [3.63, 3.8) is 0 Å². The molecule has 1 aromatic carbocycles. The molecule has 0 bridgehead atoms. The van der Waals surface area contributed by atoms with Crippen LogP contribution in [0.4, 0.5) is 5.69 Å². The van der Waals surface area contributed by atoms with Gasteiger partial charge < -0.3 is 11.1 Å². The predicted molar refractivity (Wildman–Crippen MR) is 89.5 cm³/mol. The lowest BCUT2D eigenvalue weighted by molar-refractivity contribution is 0.0946. The van der Waals surface area contributed by atoms with Crippen molar-refractivity contribution in [3.8, 4) is 11.3 Å². The van der Waals surface area contributed by atoms with Gasteiger partial charge in [0.15, 0.2) is 0 Å². The molecule has 0 aliphatic heterocycles. The average molecular weight is 304 g/mol. The summed E-state index contributed by atoms with van der Waals surface area (Å²) in [5.41, 5.74) is 9.36. The first-order chi connectivity index (χ1) is 11.2. The predicted octanol–water partition coefficient (Wildman–Crippen LogP) is 2.66. The van der Waals surface area contributed by atoms with Crippen LogP contribution in [0, 0.1) is 0 Å². The molecule has 23 heavy (non-hydrogen) atoms. The van der Waals surface area contributed by atoms with Gasteiger partial charge in [-0.05, 0) is 35.9 Å². The molecule has 0 spiro atoms. The number of nitrogens with two attached hydrogens (primary N) is 1. The van der Waals surface area contributed by atoms with Crippen LogP contribution in [0.15, 0.2) is 67.0 Å². The number of aromatic nitrogens is 2. The first-order valence-electron chi connectivity index (χ1n) is 7.22. The molecule has 2 aromatic heterocycles. The van der Waals surface area contributed by atoms with Gasteiger partial charge in [0.1, 0.15) is 5.69 Å². The van der Waals surface area contributed by atoms with E-state index >= 15 is 0 Å². The van der Waals surface area contributed by atoms with Gasteiger partial charge in [-0.15, -0.1) is 0 Å². The smallest absolute Gasteiger partial charge is 0.270 e. The van der Waals surface area contributed by atoms with Crippen molar-refractivity contribution in [1.29, 1.82) is 0 Å². The van der Waals surface area contributed by atoms with E-state index in [1.165, 1.54) is 0 Å². The van der Waals surface area contributed by atoms with Crippen LogP contribution in [0.5, 0.6) is 0 Å². The molecule has 0 saturated carbocycles. The van der Waals surface area contributed by atoms with Crippen molar-refractivity contribution in [2.24, 2.45) is 0 Å². The number of hydrogen-bond acceptors (Lipinski definition) is 4. The number of carbonyl (C=O) groups excluding carboxylic acids is 1. The van der Waals surface area contributed by atoms with Crippen LogP contribution >= 0.6 is 0 Å². The number of benzene rings is 1. The molecule has 5 heteroatoms. The van der Waals surface area contributed by atoms with Gasteiger partial charge in [-0.3, -0.25) is 9.78 Å². The Labute approximate surface area is 134 Å². The Morgan fingerprint density at radius 1 is 1.09 bits per heavy atom.